The van der Waals surface area contributed by atoms with E-state index in [4.69, 9.17) is 0 Å². The van der Waals surface area contributed by atoms with E-state index in [1.165, 1.54) is 43.2 Å². The summed E-state index contributed by atoms with van der Waals surface area (Å²) in [5.41, 5.74) is 8.44. The Labute approximate surface area is 148 Å². The van der Waals surface area contributed by atoms with Gasteiger partial charge in [-0.05, 0) is 54.7 Å². The van der Waals surface area contributed by atoms with Crippen LogP contribution >= 0.6 is 11.8 Å². The van der Waals surface area contributed by atoms with E-state index < -0.39 is 0 Å². The van der Waals surface area contributed by atoms with E-state index in [2.05, 4.69) is 81.4 Å². The number of aryl methyl sites for hydroxylation is 2. The first kappa shape index (κ1) is 15.5. The molecule has 0 radical (unpaired) electrons. The number of rotatable bonds is 2. The van der Waals surface area contributed by atoms with Crippen molar-refractivity contribution < 1.29 is 0 Å². The monoisotopic (exact) mass is 330 g/mol. The van der Waals surface area contributed by atoms with Gasteiger partial charge < -0.3 is 0 Å². The highest BCUT2D eigenvalue weighted by atomic mass is 32.2. The third-order valence-corrected chi connectivity index (χ3v) is 6.14. The minimum absolute atomic E-state index is 0.427. The lowest BCUT2D eigenvalue weighted by molar-refractivity contribution is 0.904. The molecule has 0 N–H and O–H groups in total. The molecule has 0 nitrogen and oxygen atoms in total. The van der Waals surface area contributed by atoms with E-state index in [9.17, 15) is 0 Å². The van der Waals surface area contributed by atoms with Crippen LogP contribution in [0.5, 0.6) is 0 Å². The molecule has 0 saturated carbocycles. The number of hydrogen-bond acceptors (Lipinski definition) is 1. The van der Waals surface area contributed by atoms with Crippen molar-refractivity contribution in [3.63, 3.8) is 0 Å². The van der Waals surface area contributed by atoms with E-state index in [0.29, 0.717) is 5.92 Å². The maximum Gasteiger partial charge on any atom is 0.0158 e. The Balaban J connectivity index is 1.69. The lowest BCUT2D eigenvalue weighted by Crippen LogP contribution is -2.03. The smallest absolute Gasteiger partial charge is 0.0158 e. The lowest BCUT2D eigenvalue weighted by atomic mass is 9.89. The summed E-state index contributed by atoms with van der Waals surface area (Å²) in [6.07, 6.45) is 1.05. The Kier molecular flexibility index (Phi) is 3.97. The van der Waals surface area contributed by atoms with E-state index in [-0.39, 0.29) is 0 Å². The lowest BCUT2D eigenvalue weighted by Gasteiger charge is -2.21. The standard InChI is InChI=1S/C23H22S/c1-15-10-16(2)12-20(11-15)17(3)18-8-9-23-21(13-18)14-19-6-4-5-7-22(19)24-23/h4-13,17H,14H2,1-3H3. The predicted molar refractivity (Wildman–Crippen MR) is 103 cm³/mol. The van der Waals surface area contributed by atoms with Gasteiger partial charge in [0.25, 0.3) is 0 Å². The summed E-state index contributed by atoms with van der Waals surface area (Å²) in [5, 5.41) is 0. The molecule has 0 fully saturated rings. The highest BCUT2D eigenvalue weighted by Crippen LogP contribution is 2.40. The quantitative estimate of drug-likeness (QED) is 0.403. The SMILES string of the molecule is Cc1cc(C)cc(C(C)c2ccc3c(c2)Cc2ccccc2S3)c1. The maximum absolute atomic E-state index is 2.42. The summed E-state index contributed by atoms with van der Waals surface area (Å²) in [7, 11) is 0. The highest BCUT2D eigenvalue weighted by Gasteiger charge is 2.18. The molecule has 0 amide bonds. The molecule has 4 rings (SSSR count). The molecule has 0 aromatic heterocycles. The number of benzene rings is 3. The van der Waals surface area contributed by atoms with Gasteiger partial charge in [-0.3, -0.25) is 0 Å². The van der Waals surface area contributed by atoms with Crippen molar-refractivity contribution >= 4 is 11.8 Å². The van der Waals surface area contributed by atoms with E-state index in [0.717, 1.165) is 6.42 Å². The summed E-state index contributed by atoms with van der Waals surface area (Å²) in [6.45, 7) is 6.69. The van der Waals surface area contributed by atoms with Crippen LogP contribution in [0.4, 0.5) is 0 Å². The Morgan fingerprint density at radius 3 is 2.25 bits per heavy atom. The molecule has 3 aromatic carbocycles. The van der Waals surface area contributed by atoms with Gasteiger partial charge in [-0.2, -0.15) is 0 Å². The Morgan fingerprint density at radius 1 is 0.750 bits per heavy atom. The topological polar surface area (TPSA) is 0 Å². The molecule has 1 unspecified atom stereocenters. The van der Waals surface area contributed by atoms with E-state index >= 15 is 0 Å². The molecule has 3 aromatic rings. The van der Waals surface area contributed by atoms with Gasteiger partial charge in [-0.25, -0.2) is 0 Å². The maximum atomic E-state index is 2.42. The van der Waals surface area contributed by atoms with Crippen LogP contribution in [-0.4, -0.2) is 0 Å². The summed E-state index contributed by atoms with van der Waals surface area (Å²) in [5.74, 6) is 0.427. The zero-order chi connectivity index (χ0) is 16.7. The first-order valence-electron chi connectivity index (χ1n) is 8.57. The second-order valence-corrected chi connectivity index (χ2v) is 7.98. The fourth-order valence-electron chi connectivity index (χ4n) is 3.63. The minimum Gasteiger partial charge on any atom is -0.0895 e. The molecule has 0 spiro atoms. The Bertz CT molecular complexity index is 887. The van der Waals surface area contributed by atoms with Gasteiger partial charge in [0, 0.05) is 15.7 Å². The average molecular weight is 330 g/mol. The van der Waals surface area contributed by atoms with Crippen molar-refractivity contribution in [2.75, 3.05) is 0 Å². The molecule has 1 atom stereocenters. The first-order chi connectivity index (χ1) is 11.6. The summed E-state index contributed by atoms with van der Waals surface area (Å²) < 4.78 is 0. The van der Waals surface area contributed by atoms with Crippen molar-refractivity contribution in [2.45, 2.75) is 42.9 Å². The molecule has 0 saturated heterocycles. The number of fused-ring (bicyclic) bond motifs is 2. The third kappa shape index (κ3) is 2.89. The van der Waals surface area contributed by atoms with Gasteiger partial charge in [-0.15, -0.1) is 0 Å². The minimum atomic E-state index is 0.427. The molecule has 24 heavy (non-hydrogen) atoms. The second-order valence-electron chi connectivity index (χ2n) is 6.90. The van der Waals surface area contributed by atoms with Gasteiger partial charge in [0.2, 0.25) is 0 Å². The first-order valence-corrected chi connectivity index (χ1v) is 9.38. The predicted octanol–water partition coefficient (Wildman–Crippen LogP) is 6.51. The Morgan fingerprint density at radius 2 is 1.46 bits per heavy atom. The zero-order valence-corrected chi connectivity index (χ0v) is 15.3. The zero-order valence-electron chi connectivity index (χ0n) is 14.5. The molecule has 120 valence electrons. The fourth-order valence-corrected chi connectivity index (χ4v) is 4.68. The Hall–Kier alpha value is -1.99. The largest absolute Gasteiger partial charge is 0.0895 e. The second kappa shape index (κ2) is 6.14. The summed E-state index contributed by atoms with van der Waals surface area (Å²) in [4.78, 5) is 2.81. The van der Waals surface area contributed by atoms with Crippen LogP contribution in [0.15, 0.2) is 70.5 Å². The van der Waals surface area contributed by atoms with Gasteiger partial charge in [0.1, 0.15) is 0 Å². The normalized spacial score (nSPS) is 14.0. The molecule has 1 aliphatic rings. The third-order valence-electron chi connectivity index (χ3n) is 4.90. The molecule has 0 aliphatic carbocycles. The van der Waals surface area contributed by atoms with Crippen molar-refractivity contribution in [3.05, 3.63) is 94.0 Å². The van der Waals surface area contributed by atoms with Crippen LogP contribution in [-0.2, 0) is 6.42 Å². The van der Waals surface area contributed by atoms with Crippen LogP contribution in [0.1, 0.15) is 46.2 Å². The van der Waals surface area contributed by atoms with Gasteiger partial charge in [0.15, 0.2) is 0 Å². The summed E-state index contributed by atoms with van der Waals surface area (Å²) in [6, 6.07) is 22.7. The van der Waals surface area contributed by atoms with Crippen LogP contribution < -0.4 is 0 Å². The van der Waals surface area contributed by atoms with Crippen LogP contribution in [0.25, 0.3) is 0 Å². The number of hydrogen-bond donors (Lipinski definition) is 0. The van der Waals surface area contributed by atoms with Crippen LogP contribution in [0.3, 0.4) is 0 Å². The van der Waals surface area contributed by atoms with Crippen molar-refractivity contribution in [2.24, 2.45) is 0 Å². The molecule has 1 aliphatic heterocycles. The van der Waals surface area contributed by atoms with Crippen molar-refractivity contribution in [3.8, 4) is 0 Å². The van der Waals surface area contributed by atoms with E-state index in [1.54, 1.807) is 0 Å². The van der Waals surface area contributed by atoms with E-state index in [1.807, 2.05) is 11.8 Å². The van der Waals surface area contributed by atoms with Crippen molar-refractivity contribution in [1.82, 2.24) is 0 Å². The molecule has 1 heterocycles. The molecular formula is C23H22S. The van der Waals surface area contributed by atoms with Gasteiger partial charge in [-0.1, -0.05) is 78.3 Å². The molecule has 0 bridgehead atoms. The van der Waals surface area contributed by atoms with Gasteiger partial charge in [0.05, 0.1) is 0 Å². The molecular weight excluding hydrogens is 308 g/mol. The fraction of sp³-hybridized carbons (Fsp3) is 0.217. The van der Waals surface area contributed by atoms with Gasteiger partial charge >= 0.3 is 0 Å². The van der Waals surface area contributed by atoms with Crippen molar-refractivity contribution in [1.29, 1.82) is 0 Å². The average Bonchev–Trinajstić information content (AvgIpc) is 2.58. The van der Waals surface area contributed by atoms with Crippen LogP contribution in [0, 0.1) is 13.8 Å². The molecule has 1 heteroatoms. The highest BCUT2D eigenvalue weighted by molar-refractivity contribution is 7.99. The summed E-state index contributed by atoms with van der Waals surface area (Å²) >= 11 is 1.90. The van der Waals surface area contributed by atoms with Crippen LogP contribution in [0.2, 0.25) is 0 Å².